The number of hydrogen-bond acceptors (Lipinski definition) is 2. The molecule has 4 heteroatoms. The number of imidazole rings is 1. The van der Waals surface area contributed by atoms with Gasteiger partial charge in [-0.15, -0.1) is 0 Å². The van der Waals surface area contributed by atoms with Crippen LogP contribution in [0.25, 0.3) is 0 Å². The van der Waals surface area contributed by atoms with Crippen molar-refractivity contribution in [3.8, 4) is 0 Å². The molecule has 0 radical (unpaired) electrons. The molecular weight excluding hydrogens is 298 g/mol. The van der Waals surface area contributed by atoms with Gasteiger partial charge in [0.15, 0.2) is 0 Å². The molecule has 4 nitrogen and oxygen atoms in total. The Morgan fingerprint density at radius 2 is 1.79 bits per heavy atom. The van der Waals surface area contributed by atoms with Gasteiger partial charge in [0.25, 0.3) is 0 Å². The average Bonchev–Trinajstić information content (AvgIpc) is 3.09. The van der Waals surface area contributed by atoms with E-state index in [1.54, 1.807) is 12.5 Å². The molecule has 1 aromatic rings. The number of aromatic nitrogens is 2. The molecule has 0 fully saturated rings. The van der Waals surface area contributed by atoms with Gasteiger partial charge in [-0.3, -0.25) is 4.79 Å². The Kier molecular flexibility index (Phi) is 12.8. The Hall–Kier alpha value is -1.58. The van der Waals surface area contributed by atoms with Crippen molar-refractivity contribution in [3.63, 3.8) is 0 Å². The quantitative estimate of drug-likeness (QED) is 0.353. The second kappa shape index (κ2) is 15.0. The Balaban J connectivity index is 1.81. The molecular formula is C20H35N3O. The highest BCUT2D eigenvalue weighted by molar-refractivity contribution is 5.75. The van der Waals surface area contributed by atoms with Crippen molar-refractivity contribution in [1.82, 2.24) is 15.3 Å². The second-order valence-electron chi connectivity index (χ2n) is 6.45. The summed E-state index contributed by atoms with van der Waals surface area (Å²) < 4.78 is 0. The molecule has 1 aromatic heterocycles. The topological polar surface area (TPSA) is 57.8 Å². The normalized spacial score (nSPS) is 11.2. The highest BCUT2D eigenvalue weighted by Crippen LogP contribution is 2.08. The van der Waals surface area contributed by atoms with E-state index in [0.29, 0.717) is 13.0 Å². The first-order valence-electron chi connectivity index (χ1n) is 9.72. The molecule has 0 bridgehead atoms. The number of hydrogen-bond donors (Lipinski definition) is 2. The van der Waals surface area contributed by atoms with Gasteiger partial charge in [0.1, 0.15) is 0 Å². The molecule has 24 heavy (non-hydrogen) atoms. The number of rotatable bonds is 15. The van der Waals surface area contributed by atoms with Crippen LogP contribution >= 0.6 is 0 Å². The number of nitrogens with zero attached hydrogens (tertiary/aromatic N) is 1. The maximum absolute atomic E-state index is 11.7. The van der Waals surface area contributed by atoms with Crippen molar-refractivity contribution in [2.24, 2.45) is 0 Å². The fraction of sp³-hybridized carbons (Fsp3) is 0.700. The number of H-pyrrole nitrogens is 1. The molecule has 1 rings (SSSR count). The van der Waals surface area contributed by atoms with Crippen molar-refractivity contribution in [2.75, 3.05) is 6.54 Å². The van der Waals surface area contributed by atoms with Gasteiger partial charge in [-0.25, -0.2) is 4.98 Å². The van der Waals surface area contributed by atoms with Gasteiger partial charge in [0, 0.05) is 31.3 Å². The largest absolute Gasteiger partial charge is 0.356 e. The van der Waals surface area contributed by atoms with E-state index in [4.69, 9.17) is 0 Å². The summed E-state index contributed by atoms with van der Waals surface area (Å²) in [6, 6.07) is 0. The predicted molar refractivity (Wildman–Crippen MR) is 101 cm³/mol. The molecule has 0 atom stereocenters. The van der Waals surface area contributed by atoms with E-state index in [9.17, 15) is 4.79 Å². The van der Waals surface area contributed by atoms with Crippen molar-refractivity contribution in [1.29, 1.82) is 0 Å². The fourth-order valence-electron chi connectivity index (χ4n) is 2.67. The van der Waals surface area contributed by atoms with Crippen LogP contribution in [0.1, 0.15) is 83.2 Å². The minimum absolute atomic E-state index is 0.171. The predicted octanol–water partition coefficient (Wildman–Crippen LogP) is 4.94. The zero-order valence-corrected chi connectivity index (χ0v) is 15.4. The third-order valence-corrected chi connectivity index (χ3v) is 4.19. The maximum Gasteiger partial charge on any atom is 0.220 e. The zero-order chi connectivity index (χ0) is 17.3. The van der Waals surface area contributed by atoms with Crippen LogP contribution in [0.3, 0.4) is 0 Å². The summed E-state index contributed by atoms with van der Waals surface area (Å²) in [6.07, 6.45) is 22.0. The van der Waals surface area contributed by atoms with E-state index in [1.165, 1.54) is 51.4 Å². The molecule has 136 valence electrons. The molecule has 0 spiro atoms. The number of carbonyl (C=O) groups excluding carboxylic acids is 1. The lowest BCUT2D eigenvalue weighted by atomic mass is 10.1. The van der Waals surface area contributed by atoms with Gasteiger partial charge in [-0.05, 0) is 32.1 Å². The molecule has 0 unspecified atom stereocenters. The lowest BCUT2D eigenvalue weighted by Gasteiger charge is -2.04. The maximum atomic E-state index is 11.7. The van der Waals surface area contributed by atoms with E-state index in [0.717, 1.165) is 25.0 Å². The van der Waals surface area contributed by atoms with Gasteiger partial charge >= 0.3 is 0 Å². The van der Waals surface area contributed by atoms with Gasteiger partial charge in [0.2, 0.25) is 5.91 Å². The lowest BCUT2D eigenvalue weighted by Crippen LogP contribution is -2.25. The monoisotopic (exact) mass is 333 g/mol. The van der Waals surface area contributed by atoms with E-state index >= 15 is 0 Å². The summed E-state index contributed by atoms with van der Waals surface area (Å²) in [5.74, 6) is 0.171. The first kappa shape index (κ1) is 20.5. The number of nitrogens with one attached hydrogen (secondary N) is 2. The highest BCUT2D eigenvalue weighted by Gasteiger charge is 2.01. The van der Waals surface area contributed by atoms with Crippen LogP contribution in [0.4, 0.5) is 0 Å². The minimum Gasteiger partial charge on any atom is -0.356 e. The first-order chi connectivity index (χ1) is 11.8. The fourth-order valence-corrected chi connectivity index (χ4v) is 2.67. The SMILES string of the molecule is CCCCC/C=C\CCCCCCCC(=O)NCCc1cnc[nH]1. The Morgan fingerprint density at radius 3 is 2.50 bits per heavy atom. The standard InChI is InChI=1S/C20H35N3O/c1-2-3-4-5-6-7-8-9-10-11-12-13-14-20(24)22-16-15-19-17-21-18-23-19/h6-7,17-18H,2-5,8-16H2,1H3,(H,21,23)(H,22,24)/b7-6-. The van der Waals surface area contributed by atoms with Crippen LogP contribution in [-0.2, 0) is 11.2 Å². The van der Waals surface area contributed by atoms with E-state index in [-0.39, 0.29) is 5.91 Å². The third-order valence-electron chi connectivity index (χ3n) is 4.19. The molecule has 0 aliphatic heterocycles. The molecule has 0 aromatic carbocycles. The molecule has 0 saturated heterocycles. The first-order valence-corrected chi connectivity index (χ1v) is 9.72. The van der Waals surface area contributed by atoms with Crippen LogP contribution in [0.5, 0.6) is 0 Å². The summed E-state index contributed by atoms with van der Waals surface area (Å²) in [5.41, 5.74) is 1.06. The Bertz CT molecular complexity index is 426. The number of amides is 1. The van der Waals surface area contributed by atoms with Crippen molar-refractivity contribution >= 4 is 5.91 Å². The number of carbonyl (C=O) groups is 1. The third kappa shape index (κ3) is 11.9. The molecule has 0 saturated carbocycles. The van der Waals surface area contributed by atoms with Crippen molar-refractivity contribution in [2.45, 2.75) is 84.0 Å². The van der Waals surface area contributed by atoms with Crippen LogP contribution in [0, 0.1) is 0 Å². The Labute approximate surface area is 147 Å². The van der Waals surface area contributed by atoms with Gasteiger partial charge in [0.05, 0.1) is 6.33 Å². The van der Waals surface area contributed by atoms with Gasteiger partial charge in [-0.1, -0.05) is 51.2 Å². The van der Waals surface area contributed by atoms with Crippen LogP contribution in [0.2, 0.25) is 0 Å². The molecule has 1 amide bonds. The second-order valence-corrected chi connectivity index (χ2v) is 6.45. The average molecular weight is 334 g/mol. The molecule has 2 N–H and O–H groups in total. The van der Waals surface area contributed by atoms with E-state index in [1.807, 2.05) is 0 Å². The van der Waals surface area contributed by atoms with Crippen molar-refractivity contribution in [3.05, 3.63) is 30.4 Å². The van der Waals surface area contributed by atoms with Crippen LogP contribution < -0.4 is 5.32 Å². The van der Waals surface area contributed by atoms with Crippen LogP contribution in [-0.4, -0.2) is 22.4 Å². The number of aromatic amines is 1. The molecule has 1 heterocycles. The summed E-state index contributed by atoms with van der Waals surface area (Å²) >= 11 is 0. The highest BCUT2D eigenvalue weighted by atomic mass is 16.1. The van der Waals surface area contributed by atoms with Crippen LogP contribution in [0.15, 0.2) is 24.7 Å². The van der Waals surface area contributed by atoms with Crippen molar-refractivity contribution < 1.29 is 4.79 Å². The summed E-state index contributed by atoms with van der Waals surface area (Å²) in [7, 11) is 0. The van der Waals surface area contributed by atoms with Gasteiger partial charge in [-0.2, -0.15) is 0 Å². The van der Waals surface area contributed by atoms with E-state index < -0.39 is 0 Å². The zero-order valence-electron chi connectivity index (χ0n) is 15.4. The number of unbranched alkanes of at least 4 members (excludes halogenated alkanes) is 8. The summed E-state index contributed by atoms with van der Waals surface area (Å²) in [6.45, 7) is 2.93. The summed E-state index contributed by atoms with van der Waals surface area (Å²) in [5, 5.41) is 2.96. The molecule has 0 aliphatic rings. The summed E-state index contributed by atoms with van der Waals surface area (Å²) in [4.78, 5) is 18.7. The molecule has 0 aliphatic carbocycles. The minimum atomic E-state index is 0.171. The van der Waals surface area contributed by atoms with E-state index in [2.05, 4.69) is 34.4 Å². The van der Waals surface area contributed by atoms with Gasteiger partial charge < -0.3 is 10.3 Å². The smallest absolute Gasteiger partial charge is 0.220 e. The number of allylic oxidation sites excluding steroid dienone is 2. The lowest BCUT2D eigenvalue weighted by molar-refractivity contribution is -0.121. The Morgan fingerprint density at radius 1 is 1.08 bits per heavy atom.